The van der Waals surface area contributed by atoms with Crippen molar-refractivity contribution in [2.24, 2.45) is 0 Å². The van der Waals surface area contributed by atoms with Crippen molar-refractivity contribution in [3.8, 4) is 5.75 Å². The lowest BCUT2D eigenvalue weighted by atomic mass is 9.99. The number of carbonyl (C=O) groups is 2. The first-order valence-corrected chi connectivity index (χ1v) is 11.7. The standard InChI is InChI=1S/C25H29F2N3O4/c1-4-5-6-9-29-13-17-10-14(2)20-19(22(31)23(34-3)21(25(29)33)30(17)20)24(32)28-12-15-7-8-16(26)11-18(15)27/h7-8,11,14,17H,4-6,9-10,12-13H2,1-3H3,(H,28,32). The molecule has 0 spiro atoms. The number of hydrogen-bond donors (Lipinski definition) is 1. The molecule has 0 aliphatic carbocycles. The van der Waals surface area contributed by atoms with Gasteiger partial charge >= 0.3 is 0 Å². The van der Waals surface area contributed by atoms with E-state index in [0.717, 1.165) is 31.4 Å². The van der Waals surface area contributed by atoms with E-state index in [1.54, 1.807) is 9.47 Å². The normalized spacial score (nSPS) is 18.7. The van der Waals surface area contributed by atoms with Crippen molar-refractivity contribution < 1.29 is 23.1 Å². The van der Waals surface area contributed by atoms with Crippen molar-refractivity contribution in [2.75, 3.05) is 20.2 Å². The summed E-state index contributed by atoms with van der Waals surface area (Å²) in [6.45, 7) is 4.93. The van der Waals surface area contributed by atoms with Gasteiger partial charge in [-0.05, 0) is 24.8 Å². The Kier molecular flexibility index (Phi) is 6.72. The monoisotopic (exact) mass is 473 g/mol. The topological polar surface area (TPSA) is 80.6 Å². The number of carbonyl (C=O) groups excluding carboxylic acids is 2. The summed E-state index contributed by atoms with van der Waals surface area (Å²) in [7, 11) is 1.31. The summed E-state index contributed by atoms with van der Waals surface area (Å²) < 4.78 is 34.4. The molecule has 0 saturated carbocycles. The van der Waals surface area contributed by atoms with Crippen molar-refractivity contribution in [1.29, 1.82) is 0 Å². The molecule has 34 heavy (non-hydrogen) atoms. The van der Waals surface area contributed by atoms with Gasteiger partial charge in [-0.1, -0.05) is 32.8 Å². The van der Waals surface area contributed by atoms with Gasteiger partial charge in [0, 0.05) is 37.0 Å². The van der Waals surface area contributed by atoms with Gasteiger partial charge in [-0.2, -0.15) is 0 Å². The molecule has 0 bridgehead atoms. The Hall–Kier alpha value is -3.23. The van der Waals surface area contributed by atoms with Crippen LogP contribution in [0.15, 0.2) is 23.0 Å². The molecule has 0 fully saturated rings. The smallest absolute Gasteiger partial charge is 0.274 e. The van der Waals surface area contributed by atoms with E-state index in [-0.39, 0.29) is 47.0 Å². The van der Waals surface area contributed by atoms with Gasteiger partial charge < -0.3 is 19.5 Å². The van der Waals surface area contributed by atoms with E-state index in [0.29, 0.717) is 25.2 Å². The summed E-state index contributed by atoms with van der Waals surface area (Å²) in [6, 6.07) is 3.03. The predicted molar refractivity (Wildman–Crippen MR) is 122 cm³/mol. The van der Waals surface area contributed by atoms with Gasteiger partial charge in [0.05, 0.1) is 13.2 Å². The fourth-order valence-electron chi connectivity index (χ4n) is 5.10. The Morgan fingerprint density at radius 3 is 2.68 bits per heavy atom. The van der Waals surface area contributed by atoms with Crippen LogP contribution in [0.2, 0.25) is 0 Å². The van der Waals surface area contributed by atoms with Crippen LogP contribution in [0.25, 0.3) is 0 Å². The summed E-state index contributed by atoms with van der Waals surface area (Å²) in [5.74, 6) is -2.72. The number of methoxy groups -OCH3 is 1. The van der Waals surface area contributed by atoms with Crippen LogP contribution in [0.3, 0.4) is 0 Å². The summed E-state index contributed by atoms with van der Waals surface area (Å²) in [6.07, 6.45) is 3.61. The Labute approximate surface area is 196 Å². The molecule has 2 atom stereocenters. The lowest BCUT2D eigenvalue weighted by molar-refractivity contribution is 0.0660. The molecule has 2 aliphatic rings. The van der Waals surface area contributed by atoms with Crippen LogP contribution >= 0.6 is 0 Å². The van der Waals surface area contributed by atoms with E-state index in [1.165, 1.54) is 13.2 Å². The van der Waals surface area contributed by atoms with Gasteiger partial charge in [0.15, 0.2) is 11.4 Å². The van der Waals surface area contributed by atoms with Gasteiger partial charge in [0.2, 0.25) is 5.43 Å². The van der Waals surface area contributed by atoms with E-state index < -0.39 is 23.0 Å². The zero-order chi connectivity index (χ0) is 24.6. The number of amides is 2. The highest BCUT2D eigenvalue weighted by Crippen LogP contribution is 2.43. The molecule has 1 aromatic heterocycles. The third-order valence-corrected chi connectivity index (χ3v) is 6.70. The lowest BCUT2D eigenvalue weighted by Gasteiger charge is -2.35. The minimum Gasteiger partial charge on any atom is -0.491 e. The quantitative estimate of drug-likeness (QED) is 0.592. The molecule has 2 aromatic rings. The third kappa shape index (κ3) is 4.08. The largest absolute Gasteiger partial charge is 0.491 e. The second-order valence-electron chi connectivity index (χ2n) is 9.01. The maximum Gasteiger partial charge on any atom is 0.274 e. The molecule has 1 N–H and O–H groups in total. The van der Waals surface area contributed by atoms with Crippen LogP contribution < -0.4 is 15.5 Å². The molecule has 182 valence electrons. The number of nitrogens with zero attached hydrogens (tertiary/aromatic N) is 2. The highest BCUT2D eigenvalue weighted by Gasteiger charge is 2.44. The second kappa shape index (κ2) is 9.56. The Balaban J connectivity index is 1.72. The molecule has 0 saturated heterocycles. The fraction of sp³-hybridized carbons (Fsp3) is 0.480. The van der Waals surface area contributed by atoms with Gasteiger partial charge in [-0.25, -0.2) is 8.78 Å². The molecule has 0 radical (unpaired) electrons. The molecule has 7 nitrogen and oxygen atoms in total. The zero-order valence-corrected chi connectivity index (χ0v) is 19.6. The summed E-state index contributed by atoms with van der Waals surface area (Å²) in [5.41, 5.74) is 0.0487. The van der Waals surface area contributed by atoms with Gasteiger partial charge in [-0.15, -0.1) is 0 Å². The lowest BCUT2D eigenvalue weighted by Crippen LogP contribution is -2.45. The minimum absolute atomic E-state index is 0.0603. The van der Waals surface area contributed by atoms with Crippen molar-refractivity contribution >= 4 is 11.8 Å². The van der Waals surface area contributed by atoms with Gasteiger partial charge in [-0.3, -0.25) is 14.4 Å². The Morgan fingerprint density at radius 1 is 1.24 bits per heavy atom. The van der Waals surface area contributed by atoms with E-state index in [1.807, 2.05) is 6.92 Å². The molecule has 3 heterocycles. The number of unbranched alkanes of at least 4 members (excludes halogenated alkanes) is 2. The number of ether oxygens (including phenoxy) is 1. The average molecular weight is 474 g/mol. The molecule has 2 unspecified atom stereocenters. The zero-order valence-electron chi connectivity index (χ0n) is 19.6. The summed E-state index contributed by atoms with van der Waals surface area (Å²) in [5, 5.41) is 2.58. The molecule has 1 aromatic carbocycles. The van der Waals surface area contributed by atoms with E-state index in [9.17, 15) is 23.2 Å². The molecule has 2 amide bonds. The molecular weight excluding hydrogens is 444 g/mol. The average Bonchev–Trinajstić information content (AvgIpc) is 3.11. The van der Waals surface area contributed by atoms with Crippen LogP contribution in [-0.4, -0.2) is 41.5 Å². The first kappa shape index (κ1) is 23.9. The first-order valence-electron chi connectivity index (χ1n) is 11.7. The van der Waals surface area contributed by atoms with Gasteiger partial charge in [0.25, 0.3) is 11.8 Å². The van der Waals surface area contributed by atoms with E-state index in [4.69, 9.17) is 4.74 Å². The Morgan fingerprint density at radius 2 is 2.00 bits per heavy atom. The fourth-order valence-corrected chi connectivity index (χ4v) is 5.10. The van der Waals surface area contributed by atoms with E-state index in [2.05, 4.69) is 12.2 Å². The maximum absolute atomic E-state index is 14.0. The number of rotatable bonds is 8. The van der Waals surface area contributed by atoms with Crippen LogP contribution in [0.5, 0.6) is 5.75 Å². The van der Waals surface area contributed by atoms with E-state index >= 15 is 0 Å². The Bertz CT molecular complexity index is 1190. The number of aromatic nitrogens is 1. The van der Waals surface area contributed by atoms with Crippen molar-refractivity contribution in [2.45, 2.75) is 58.0 Å². The van der Waals surface area contributed by atoms with Gasteiger partial charge in [0.1, 0.15) is 17.2 Å². The molecule has 4 rings (SSSR count). The molecule has 9 heteroatoms. The number of benzene rings is 1. The first-order chi connectivity index (χ1) is 16.3. The predicted octanol–water partition coefficient (Wildman–Crippen LogP) is 3.76. The van der Waals surface area contributed by atoms with Crippen molar-refractivity contribution in [1.82, 2.24) is 14.8 Å². The van der Waals surface area contributed by atoms with Crippen LogP contribution in [-0.2, 0) is 6.54 Å². The highest BCUT2D eigenvalue weighted by molar-refractivity contribution is 6.00. The number of nitrogens with one attached hydrogen (secondary N) is 1. The van der Waals surface area contributed by atoms with Crippen molar-refractivity contribution in [3.63, 3.8) is 0 Å². The number of pyridine rings is 1. The number of hydrogen-bond acceptors (Lipinski definition) is 4. The van der Waals surface area contributed by atoms with Crippen molar-refractivity contribution in [3.05, 3.63) is 62.6 Å². The third-order valence-electron chi connectivity index (χ3n) is 6.70. The molecule has 2 aliphatic heterocycles. The molecular formula is C25H29F2N3O4. The SMILES string of the molecule is CCCCCN1CC2CC(C)c3c(C(=O)NCc4ccc(F)cc4F)c(=O)c(OC)c(n32)C1=O. The van der Waals surface area contributed by atoms with Crippen LogP contribution in [0.4, 0.5) is 8.78 Å². The summed E-state index contributed by atoms with van der Waals surface area (Å²) in [4.78, 5) is 41.7. The number of halogens is 2. The van der Waals surface area contributed by atoms with Crippen LogP contribution in [0.1, 0.15) is 83.6 Å². The minimum atomic E-state index is -0.785. The highest BCUT2D eigenvalue weighted by atomic mass is 19.1. The van der Waals surface area contributed by atoms with Crippen LogP contribution in [0, 0.1) is 11.6 Å². The maximum atomic E-state index is 14.0. The second-order valence-corrected chi connectivity index (χ2v) is 9.01. The summed E-state index contributed by atoms with van der Waals surface area (Å²) >= 11 is 0.